The first-order valence-corrected chi connectivity index (χ1v) is 12.6. The predicted octanol–water partition coefficient (Wildman–Crippen LogP) is 6.77. The van der Waals surface area contributed by atoms with E-state index in [9.17, 15) is 19.5 Å². The van der Waals surface area contributed by atoms with Crippen LogP contribution in [0.4, 0.5) is 19.5 Å². The van der Waals surface area contributed by atoms with Crippen LogP contribution in [-0.2, 0) is 12.6 Å². The molecule has 25 heavy (non-hydrogen) atoms. The number of benzene rings is 1. The van der Waals surface area contributed by atoms with Gasteiger partial charge in [-0.25, -0.2) is 0 Å². The molecule has 1 aromatic rings. The summed E-state index contributed by atoms with van der Waals surface area (Å²) in [6.45, 7) is 11.8. The van der Waals surface area contributed by atoms with Crippen LogP contribution in [0.15, 0.2) is 18.2 Å². The van der Waals surface area contributed by atoms with E-state index in [0.29, 0.717) is 17.9 Å². The van der Waals surface area contributed by atoms with Crippen LogP contribution in [0.3, 0.4) is 0 Å². The van der Waals surface area contributed by atoms with Gasteiger partial charge in [0.1, 0.15) is 0 Å². The standard InChI is InChI=1S/C9H8F3.C5H12O.C3H8.3FH.U/c1-2-7-4-3-5-8(6-7)9(10,11)12;1-4(2)5(3)6;1-3-2;;;;/h4-6H,2H2,1H3;4-6H,1-3H3;3H2,1-2H3;3*1H;/q-1;;;;;;+3/p-3/t;5-;;;;;/m.0...../s1. The van der Waals surface area contributed by atoms with Crippen LogP contribution < -0.4 is 0 Å². The molecule has 0 radical (unpaired) electrons. The van der Waals surface area contributed by atoms with E-state index in [0.717, 1.165) is 12.1 Å². The third kappa shape index (κ3) is 23.8. The summed E-state index contributed by atoms with van der Waals surface area (Å²) in [7, 11) is 0. The van der Waals surface area contributed by atoms with E-state index < -0.39 is 39.8 Å². The van der Waals surface area contributed by atoms with Gasteiger partial charge in [-0.3, -0.25) is 0 Å². The first-order chi connectivity index (χ1) is 11.3. The summed E-state index contributed by atoms with van der Waals surface area (Å²) in [5.74, 6) is 0.407. The summed E-state index contributed by atoms with van der Waals surface area (Å²) in [6, 6.07) is 6.14. The normalized spacial score (nSPS) is 11.1. The van der Waals surface area contributed by atoms with Crippen LogP contribution in [-0.4, -0.2) is 11.2 Å². The van der Waals surface area contributed by atoms with Gasteiger partial charge in [0, 0.05) is 0 Å². The number of aliphatic hydroxyl groups excluding tert-OH is 1. The van der Waals surface area contributed by atoms with E-state index in [-0.39, 0.29) is 6.10 Å². The van der Waals surface area contributed by atoms with Gasteiger partial charge in [-0.15, -0.1) is 0 Å². The molecule has 0 heterocycles. The van der Waals surface area contributed by atoms with Crippen LogP contribution in [0.25, 0.3) is 0 Å². The number of hydrogen-bond acceptors (Lipinski definition) is 1. The Bertz CT molecular complexity index is 400. The summed E-state index contributed by atoms with van der Waals surface area (Å²) >= 11 is -5.23. The average Bonchev–Trinajstić information content (AvgIpc) is 2.47. The molecule has 149 valence electrons. The maximum atomic E-state index is 12.1. The predicted molar refractivity (Wildman–Crippen MR) is 85.5 cm³/mol. The van der Waals surface area contributed by atoms with Crippen molar-refractivity contribution in [1.29, 1.82) is 0 Å². The minimum atomic E-state index is -5.23. The fraction of sp³-hybridized carbons (Fsp3) is 0.647. The van der Waals surface area contributed by atoms with Crippen molar-refractivity contribution in [3.8, 4) is 0 Å². The third-order valence-electron chi connectivity index (χ3n) is 2.55. The summed E-state index contributed by atoms with van der Waals surface area (Å²) < 4.78 is 65.9. The number of hydrogen-bond donors (Lipinski definition) is 1. The van der Waals surface area contributed by atoms with Crippen molar-refractivity contribution in [3.63, 3.8) is 0 Å². The molecular formula is C17H28F6OU-. The van der Waals surface area contributed by atoms with Gasteiger partial charge in [-0.2, -0.15) is 43.0 Å². The SMILES string of the molecule is CC(C)[C@H](C)O.CCC.CCc1c[c-]cc(C(F)(F)F)c1.[F][U]([F])[F]. The first-order valence-electron chi connectivity index (χ1n) is 7.91. The first kappa shape index (κ1) is 29.6. The molecule has 0 unspecified atom stereocenters. The topological polar surface area (TPSA) is 20.2 Å². The van der Waals surface area contributed by atoms with Gasteiger partial charge in [0.15, 0.2) is 0 Å². The van der Waals surface area contributed by atoms with Crippen molar-refractivity contribution in [2.45, 2.75) is 66.7 Å². The van der Waals surface area contributed by atoms with E-state index in [2.05, 4.69) is 19.9 Å². The van der Waals surface area contributed by atoms with E-state index in [4.69, 9.17) is 5.11 Å². The van der Waals surface area contributed by atoms with Crippen LogP contribution >= 0.6 is 0 Å². The second-order valence-electron chi connectivity index (χ2n) is 5.39. The molecule has 8 heteroatoms. The van der Waals surface area contributed by atoms with Gasteiger partial charge in [0.05, 0.1) is 6.10 Å². The molecule has 0 aliphatic rings. The Balaban J connectivity index is -0.000000312. The summed E-state index contributed by atoms with van der Waals surface area (Å²) in [5, 5.41) is 8.63. The Morgan fingerprint density at radius 2 is 1.40 bits per heavy atom. The van der Waals surface area contributed by atoms with Gasteiger partial charge in [-0.05, 0) is 12.8 Å². The molecule has 0 saturated heterocycles. The second-order valence-corrected chi connectivity index (χ2v) is 7.17. The maximum absolute atomic E-state index is 12.1. The quantitative estimate of drug-likeness (QED) is 0.294. The van der Waals surface area contributed by atoms with E-state index in [1.807, 2.05) is 20.8 Å². The number of aryl methyl sites for hydroxylation is 1. The van der Waals surface area contributed by atoms with Crippen molar-refractivity contribution >= 4 is 0 Å². The minimum absolute atomic E-state index is 0.148. The van der Waals surface area contributed by atoms with Crippen molar-refractivity contribution in [2.24, 2.45) is 5.92 Å². The van der Waals surface area contributed by atoms with Crippen LogP contribution in [0.2, 0.25) is 0 Å². The number of aliphatic hydroxyl groups is 1. The molecule has 0 amide bonds. The Kier molecular flexibility index (Phi) is 20.4. The number of rotatable bonds is 2. The summed E-state index contributed by atoms with van der Waals surface area (Å²) in [4.78, 5) is 0. The van der Waals surface area contributed by atoms with Crippen molar-refractivity contribution < 1.29 is 52.7 Å². The molecule has 1 rings (SSSR count). The summed E-state index contributed by atoms with van der Waals surface area (Å²) in [6.07, 6.45) is -2.55. The van der Waals surface area contributed by atoms with Crippen LogP contribution in [0.1, 0.15) is 59.1 Å². The molecule has 0 aromatic heterocycles. The van der Waals surface area contributed by atoms with Crippen molar-refractivity contribution in [3.05, 3.63) is 35.4 Å². The average molecular weight is 600 g/mol. The molecule has 0 fully saturated rings. The van der Waals surface area contributed by atoms with Crippen LogP contribution in [0, 0.1) is 40.1 Å². The van der Waals surface area contributed by atoms with Gasteiger partial charge >= 0.3 is 40.6 Å². The molecular weight excluding hydrogens is 572 g/mol. The fourth-order valence-electron chi connectivity index (χ4n) is 0.889. The van der Waals surface area contributed by atoms with E-state index >= 15 is 0 Å². The van der Waals surface area contributed by atoms with Gasteiger partial charge in [0.25, 0.3) is 0 Å². The zero-order valence-electron chi connectivity index (χ0n) is 15.5. The number of alkyl halides is 3. The molecule has 1 atom stereocenters. The Hall–Kier alpha value is -0.188. The van der Waals surface area contributed by atoms with E-state index in [1.54, 1.807) is 13.0 Å². The van der Waals surface area contributed by atoms with Crippen molar-refractivity contribution in [2.75, 3.05) is 0 Å². The molecule has 1 aromatic carbocycles. The monoisotopic (exact) mass is 600 g/mol. The molecule has 1 N–H and O–H groups in total. The van der Waals surface area contributed by atoms with Crippen molar-refractivity contribution in [1.82, 2.24) is 0 Å². The molecule has 1 nitrogen and oxygen atoms in total. The third-order valence-corrected chi connectivity index (χ3v) is 2.55. The van der Waals surface area contributed by atoms with E-state index in [1.165, 1.54) is 6.42 Å². The van der Waals surface area contributed by atoms with Gasteiger partial charge in [0.2, 0.25) is 0 Å². The molecule has 0 aliphatic heterocycles. The fourth-order valence-corrected chi connectivity index (χ4v) is 0.889. The Morgan fingerprint density at radius 3 is 1.64 bits per heavy atom. The molecule has 0 spiro atoms. The summed E-state index contributed by atoms with van der Waals surface area (Å²) in [5.41, 5.74) is 0.0340. The zero-order chi connectivity index (χ0) is 20.6. The Labute approximate surface area is 160 Å². The second kappa shape index (κ2) is 17.2. The van der Waals surface area contributed by atoms with Gasteiger partial charge in [-0.1, -0.05) is 53.0 Å². The zero-order valence-corrected chi connectivity index (χ0v) is 19.7. The Morgan fingerprint density at radius 1 is 1.04 bits per heavy atom. The van der Waals surface area contributed by atoms with Gasteiger partial charge < -0.3 is 5.11 Å². The number of halogens is 6. The van der Waals surface area contributed by atoms with Crippen LogP contribution in [0.5, 0.6) is 0 Å². The molecule has 0 aliphatic carbocycles. The molecule has 0 saturated carbocycles. The molecule has 0 bridgehead atoms.